The van der Waals surface area contributed by atoms with E-state index in [9.17, 15) is 13.6 Å². The van der Waals surface area contributed by atoms with Crippen molar-refractivity contribution in [1.29, 1.82) is 0 Å². The Balaban J connectivity index is 2.83. The van der Waals surface area contributed by atoms with Crippen molar-refractivity contribution in [3.63, 3.8) is 0 Å². The molecular formula is C15H22F2N2O2. The van der Waals surface area contributed by atoms with Crippen LogP contribution in [0.2, 0.25) is 0 Å². The number of hydrogen-bond donors (Lipinski definition) is 2. The second-order valence-corrected chi connectivity index (χ2v) is 6.28. The average Bonchev–Trinajstić information content (AvgIpc) is 2.32. The molecule has 0 radical (unpaired) electrons. The van der Waals surface area contributed by atoms with Gasteiger partial charge in [0, 0.05) is 24.6 Å². The van der Waals surface area contributed by atoms with Gasteiger partial charge in [-0.2, -0.15) is 0 Å². The molecule has 118 valence electrons. The van der Waals surface area contributed by atoms with Crippen LogP contribution in [0.4, 0.5) is 13.6 Å². The molecule has 6 heteroatoms. The van der Waals surface area contributed by atoms with E-state index in [1.165, 1.54) is 12.1 Å². The van der Waals surface area contributed by atoms with E-state index in [1.807, 2.05) is 0 Å². The summed E-state index contributed by atoms with van der Waals surface area (Å²) in [7, 11) is 0. The Kier molecular flexibility index (Phi) is 5.28. The summed E-state index contributed by atoms with van der Waals surface area (Å²) in [6, 6.07) is 3.22. The van der Waals surface area contributed by atoms with Gasteiger partial charge in [-0.1, -0.05) is 6.92 Å². The van der Waals surface area contributed by atoms with E-state index in [0.717, 1.165) is 6.07 Å². The van der Waals surface area contributed by atoms with Crippen molar-refractivity contribution in [2.24, 2.45) is 5.73 Å². The number of benzene rings is 1. The van der Waals surface area contributed by atoms with Crippen molar-refractivity contribution in [3.05, 3.63) is 35.4 Å². The van der Waals surface area contributed by atoms with E-state index in [2.05, 4.69) is 5.32 Å². The second-order valence-electron chi connectivity index (χ2n) is 6.28. The molecule has 1 unspecified atom stereocenters. The molecule has 1 atom stereocenters. The van der Waals surface area contributed by atoms with Gasteiger partial charge in [0.2, 0.25) is 0 Å². The predicted molar refractivity (Wildman–Crippen MR) is 77.0 cm³/mol. The van der Waals surface area contributed by atoms with Gasteiger partial charge in [0.25, 0.3) is 0 Å². The normalized spacial score (nSPS) is 14.4. The van der Waals surface area contributed by atoms with Gasteiger partial charge in [-0.05, 0) is 38.5 Å². The first-order valence-electron chi connectivity index (χ1n) is 6.69. The van der Waals surface area contributed by atoms with Crippen molar-refractivity contribution in [2.75, 3.05) is 13.1 Å². The fourth-order valence-electron chi connectivity index (χ4n) is 1.78. The molecule has 0 aliphatic rings. The third-order valence-electron chi connectivity index (χ3n) is 3.03. The molecule has 0 spiro atoms. The van der Waals surface area contributed by atoms with Crippen LogP contribution < -0.4 is 11.1 Å². The maximum atomic E-state index is 13.3. The molecule has 3 N–H and O–H groups in total. The van der Waals surface area contributed by atoms with Gasteiger partial charge >= 0.3 is 6.09 Å². The SMILES string of the molecule is CC(C)(C)OC(=O)NCC(C)(CN)c1cc(F)cc(F)c1. The van der Waals surface area contributed by atoms with Crippen molar-refractivity contribution in [2.45, 2.75) is 38.7 Å². The first-order chi connectivity index (χ1) is 9.55. The molecule has 1 aromatic carbocycles. The third kappa shape index (κ3) is 5.30. The molecule has 1 aromatic rings. The zero-order chi connectivity index (χ0) is 16.3. The average molecular weight is 300 g/mol. The number of hydrogen-bond acceptors (Lipinski definition) is 3. The summed E-state index contributed by atoms with van der Waals surface area (Å²) in [6.45, 7) is 7.19. The van der Waals surface area contributed by atoms with Crippen LogP contribution in [-0.2, 0) is 10.2 Å². The minimum absolute atomic E-state index is 0.112. The van der Waals surface area contributed by atoms with Gasteiger partial charge in [-0.3, -0.25) is 0 Å². The zero-order valence-electron chi connectivity index (χ0n) is 12.8. The Hall–Kier alpha value is -1.69. The number of halogens is 2. The molecule has 0 aliphatic carbocycles. The summed E-state index contributed by atoms with van der Waals surface area (Å²) in [5.74, 6) is -1.36. The number of carbonyl (C=O) groups is 1. The summed E-state index contributed by atoms with van der Waals surface area (Å²) in [5, 5.41) is 2.58. The fourth-order valence-corrected chi connectivity index (χ4v) is 1.78. The highest BCUT2D eigenvalue weighted by molar-refractivity contribution is 5.67. The molecule has 0 fully saturated rings. The lowest BCUT2D eigenvalue weighted by Crippen LogP contribution is -2.45. The number of nitrogens with two attached hydrogens (primary N) is 1. The molecule has 0 aromatic heterocycles. The minimum Gasteiger partial charge on any atom is -0.444 e. The molecule has 21 heavy (non-hydrogen) atoms. The maximum absolute atomic E-state index is 13.3. The first-order valence-corrected chi connectivity index (χ1v) is 6.69. The monoisotopic (exact) mass is 300 g/mol. The quantitative estimate of drug-likeness (QED) is 0.898. The lowest BCUT2D eigenvalue weighted by Gasteiger charge is -2.29. The van der Waals surface area contributed by atoms with E-state index in [-0.39, 0.29) is 13.1 Å². The highest BCUT2D eigenvalue weighted by atomic mass is 19.1. The van der Waals surface area contributed by atoms with Crippen molar-refractivity contribution in [1.82, 2.24) is 5.32 Å². The largest absolute Gasteiger partial charge is 0.444 e. The van der Waals surface area contributed by atoms with Gasteiger partial charge in [0.15, 0.2) is 0 Å². The smallest absolute Gasteiger partial charge is 0.407 e. The number of ether oxygens (including phenoxy) is 1. The standard InChI is InChI=1S/C15H22F2N2O2/c1-14(2,3)21-13(20)19-9-15(4,8-18)10-5-11(16)7-12(17)6-10/h5-7H,8-9,18H2,1-4H3,(H,19,20). The topological polar surface area (TPSA) is 64.3 Å². The summed E-state index contributed by atoms with van der Waals surface area (Å²) in [4.78, 5) is 11.7. The van der Waals surface area contributed by atoms with Gasteiger partial charge in [-0.25, -0.2) is 13.6 Å². The number of carbonyl (C=O) groups excluding carboxylic acids is 1. The Morgan fingerprint density at radius 2 is 1.71 bits per heavy atom. The predicted octanol–water partition coefficient (Wildman–Crippen LogP) is 2.71. The highest BCUT2D eigenvalue weighted by Crippen LogP contribution is 2.24. The van der Waals surface area contributed by atoms with Gasteiger partial charge in [0.05, 0.1) is 0 Å². The van der Waals surface area contributed by atoms with Crippen LogP contribution >= 0.6 is 0 Å². The van der Waals surface area contributed by atoms with E-state index in [1.54, 1.807) is 27.7 Å². The molecule has 4 nitrogen and oxygen atoms in total. The Morgan fingerprint density at radius 3 is 2.14 bits per heavy atom. The molecule has 1 amide bonds. The Labute approximate surface area is 123 Å². The van der Waals surface area contributed by atoms with Crippen LogP contribution in [0.25, 0.3) is 0 Å². The van der Waals surface area contributed by atoms with E-state index in [4.69, 9.17) is 10.5 Å². The molecule has 0 aliphatic heterocycles. The molecule has 0 saturated heterocycles. The lowest BCUT2D eigenvalue weighted by molar-refractivity contribution is 0.0516. The summed E-state index contributed by atoms with van der Waals surface area (Å²) in [5.41, 5.74) is 4.69. The Bertz CT molecular complexity index is 495. The number of nitrogens with one attached hydrogen (secondary N) is 1. The zero-order valence-corrected chi connectivity index (χ0v) is 12.8. The summed E-state index contributed by atoms with van der Waals surface area (Å²) in [6.07, 6.45) is -0.598. The van der Waals surface area contributed by atoms with Crippen molar-refractivity contribution >= 4 is 6.09 Å². The second kappa shape index (κ2) is 6.39. The molecular weight excluding hydrogens is 278 g/mol. The van der Waals surface area contributed by atoms with E-state index < -0.39 is 28.7 Å². The number of amides is 1. The van der Waals surface area contributed by atoms with Crippen LogP contribution in [0, 0.1) is 11.6 Å². The molecule has 1 rings (SSSR count). The summed E-state index contributed by atoms with van der Waals surface area (Å²) < 4.78 is 31.8. The first kappa shape index (κ1) is 17.4. The molecule has 0 bridgehead atoms. The Morgan fingerprint density at radius 1 is 1.19 bits per heavy atom. The molecule has 0 heterocycles. The summed E-state index contributed by atoms with van der Waals surface area (Å²) >= 11 is 0. The van der Waals surface area contributed by atoms with Gasteiger partial charge in [-0.15, -0.1) is 0 Å². The number of alkyl carbamates (subject to hydrolysis) is 1. The van der Waals surface area contributed by atoms with Crippen molar-refractivity contribution < 1.29 is 18.3 Å². The van der Waals surface area contributed by atoms with Crippen LogP contribution in [0.1, 0.15) is 33.3 Å². The van der Waals surface area contributed by atoms with Crippen molar-refractivity contribution in [3.8, 4) is 0 Å². The minimum atomic E-state index is -0.792. The van der Waals surface area contributed by atoms with Gasteiger partial charge < -0.3 is 15.8 Å². The van der Waals surface area contributed by atoms with Gasteiger partial charge in [0.1, 0.15) is 17.2 Å². The van der Waals surface area contributed by atoms with Crippen LogP contribution in [0.5, 0.6) is 0 Å². The van der Waals surface area contributed by atoms with Crippen LogP contribution in [-0.4, -0.2) is 24.8 Å². The van der Waals surface area contributed by atoms with Crippen LogP contribution in [0.15, 0.2) is 18.2 Å². The third-order valence-corrected chi connectivity index (χ3v) is 3.03. The lowest BCUT2D eigenvalue weighted by atomic mass is 9.82. The maximum Gasteiger partial charge on any atom is 0.407 e. The fraction of sp³-hybridized carbons (Fsp3) is 0.533. The van der Waals surface area contributed by atoms with E-state index >= 15 is 0 Å². The highest BCUT2D eigenvalue weighted by Gasteiger charge is 2.28. The number of rotatable bonds is 4. The van der Waals surface area contributed by atoms with Crippen LogP contribution in [0.3, 0.4) is 0 Å². The molecule has 0 saturated carbocycles. The van der Waals surface area contributed by atoms with E-state index in [0.29, 0.717) is 5.56 Å².